The average molecular weight is 296 g/mol. The van der Waals surface area contributed by atoms with E-state index >= 15 is 0 Å². The fourth-order valence-electron chi connectivity index (χ4n) is 5.23. The molecular weight excluding hydrogens is 272 g/mol. The zero-order valence-corrected chi connectivity index (χ0v) is 12.9. The smallest absolute Gasteiger partial charge is 0.161 e. The minimum absolute atomic E-state index is 0.181. The second kappa shape index (κ2) is 4.95. The van der Waals surface area contributed by atoms with E-state index in [0.29, 0.717) is 18.3 Å². The van der Waals surface area contributed by atoms with Crippen LogP contribution in [0.3, 0.4) is 0 Å². The Labute approximate surface area is 131 Å². The van der Waals surface area contributed by atoms with E-state index in [1.807, 2.05) is 30.3 Å². The van der Waals surface area contributed by atoms with Crippen molar-refractivity contribution in [3.63, 3.8) is 0 Å². The van der Waals surface area contributed by atoms with E-state index < -0.39 is 11.5 Å². The highest BCUT2D eigenvalue weighted by molar-refractivity contribution is 5.93. The Bertz CT molecular complexity index is 618. The van der Waals surface area contributed by atoms with Crippen LogP contribution in [0.5, 0.6) is 0 Å². The van der Waals surface area contributed by atoms with Crippen LogP contribution >= 0.6 is 0 Å². The molecule has 4 aliphatic rings. The van der Waals surface area contributed by atoms with E-state index in [9.17, 15) is 4.79 Å². The van der Waals surface area contributed by atoms with Crippen LogP contribution in [-0.2, 0) is 11.2 Å². The van der Waals surface area contributed by atoms with Crippen LogP contribution in [0.2, 0.25) is 0 Å². The van der Waals surface area contributed by atoms with Gasteiger partial charge >= 0.3 is 0 Å². The first kappa shape index (κ1) is 14.0. The summed E-state index contributed by atoms with van der Waals surface area (Å²) in [5, 5.41) is 0. The van der Waals surface area contributed by atoms with Crippen LogP contribution in [0.4, 0.5) is 0 Å². The van der Waals surface area contributed by atoms with Crippen molar-refractivity contribution in [2.24, 2.45) is 28.7 Å². The topological polar surface area (TPSA) is 69.1 Å². The predicted octanol–water partition coefficient (Wildman–Crippen LogP) is 2.55. The third-order valence-corrected chi connectivity index (χ3v) is 6.01. The Kier molecular flexibility index (Phi) is 3.15. The van der Waals surface area contributed by atoms with Crippen molar-refractivity contribution in [1.82, 2.24) is 0 Å². The van der Waals surface area contributed by atoms with Crippen molar-refractivity contribution in [2.45, 2.75) is 44.6 Å². The third kappa shape index (κ3) is 2.03. The van der Waals surface area contributed by atoms with E-state index in [1.165, 1.54) is 12.0 Å². The SMILES string of the molecule is NC1=C2CC3CC(C2)CC1(C(=O)[C@@H](N)Cc1ccccc1)C3. The molecule has 3 heteroatoms. The molecule has 2 fully saturated rings. The molecule has 3 nitrogen and oxygen atoms in total. The number of rotatable bonds is 4. The lowest BCUT2D eigenvalue weighted by atomic mass is 9.51. The van der Waals surface area contributed by atoms with E-state index in [0.717, 1.165) is 36.9 Å². The lowest BCUT2D eigenvalue weighted by molar-refractivity contribution is -0.133. The van der Waals surface area contributed by atoms with Gasteiger partial charge < -0.3 is 11.5 Å². The van der Waals surface area contributed by atoms with Crippen molar-refractivity contribution >= 4 is 5.78 Å². The van der Waals surface area contributed by atoms with E-state index in [2.05, 4.69) is 0 Å². The molecule has 0 aliphatic heterocycles. The molecule has 4 N–H and O–H groups in total. The lowest BCUT2D eigenvalue weighted by Crippen LogP contribution is -2.55. The molecule has 3 atom stereocenters. The number of carbonyl (C=O) groups is 1. The van der Waals surface area contributed by atoms with Crippen LogP contribution in [0.15, 0.2) is 41.6 Å². The zero-order valence-electron chi connectivity index (χ0n) is 12.9. The lowest BCUT2D eigenvalue weighted by Gasteiger charge is -2.53. The molecule has 0 saturated heterocycles. The summed E-state index contributed by atoms with van der Waals surface area (Å²) in [5.41, 5.74) is 15.7. The van der Waals surface area contributed by atoms with Gasteiger partial charge in [0.15, 0.2) is 5.78 Å². The van der Waals surface area contributed by atoms with E-state index in [-0.39, 0.29) is 5.78 Å². The van der Waals surface area contributed by atoms with Gasteiger partial charge in [-0.1, -0.05) is 30.3 Å². The number of hydrogen-bond acceptors (Lipinski definition) is 3. The minimum Gasteiger partial charge on any atom is -0.401 e. The van der Waals surface area contributed by atoms with Gasteiger partial charge in [0.25, 0.3) is 0 Å². The summed E-state index contributed by atoms with van der Waals surface area (Å²) in [4.78, 5) is 13.2. The maximum absolute atomic E-state index is 13.2. The average Bonchev–Trinajstić information content (AvgIpc) is 2.52. The quantitative estimate of drug-likeness (QED) is 0.897. The first-order valence-corrected chi connectivity index (χ1v) is 8.40. The standard InChI is InChI=1S/C19H24N2O/c20-16(9-12-4-2-1-3-5-12)18(22)19-10-13-6-14(11-19)8-15(7-13)17(19)21/h1-5,13-14,16H,6-11,20-21H2/t13?,14?,16-,19?/m0/s1. The second-order valence-electron chi connectivity index (χ2n) is 7.54. The van der Waals surface area contributed by atoms with Gasteiger partial charge in [0, 0.05) is 5.70 Å². The van der Waals surface area contributed by atoms with Crippen LogP contribution in [0.25, 0.3) is 0 Å². The molecule has 2 saturated carbocycles. The van der Waals surface area contributed by atoms with Gasteiger partial charge in [0.2, 0.25) is 0 Å². The largest absolute Gasteiger partial charge is 0.401 e. The van der Waals surface area contributed by atoms with Crippen molar-refractivity contribution < 1.29 is 4.79 Å². The monoisotopic (exact) mass is 296 g/mol. The van der Waals surface area contributed by atoms with Crippen molar-refractivity contribution in [3.8, 4) is 0 Å². The molecule has 2 unspecified atom stereocenters. The Hall–Kier alpha value is -1.61. The Balaban J connectivity index is 1.61. The summed E-state index contributed by atoms with van der Waals surface area (Å²) in [5.74, 6) is 1.49. The maximum Gasteiger partial charge on any atom is 0.161 e. The Morgan fingerprint density at radius 1 is 1.18 bits per heavy atom. The van der Waals surface area contributed by atoms with Crippen molar-refractivity contribution in [1.29, 1.82) is 0 Å². The van der Waals surface area contributed by atoms with Gasteiger partial charge in [-0.3, -0.25) is 4.79 Å². The summed E-state index contributed by atoms with van der Waals surface area (Å²) >= 11 is 0. The Morgan fingerprint density at radius 3 is 2.45 bits per heavy atom. The van der Waals surface area contributed by atoms with E-state index in [4.69, 9.17) is 11.5 Å². The number of carbonyl (C=O) groups excluding carboxylic acids is 1. The molecule has 116 valence electrons. The van der Waals surface area contributed by atoms with Gasteiger partial charge in [0.05, 0.1) is 11.5 Å². The first-order valence-electron chi connectivity index (χ1n) is 8.40. The van der Waals surface area contributed by atoms with Crippen molar-refractivity contribution in [3.05, 3.63) is 47.2 Å². The van der Waals surface area contributed by atoms with Gasteiger partial charge in [-0.25, -0.2) is 0 Å². The van der Waals surface area contributed by atoms with E-state index in [1.54, 1.807) is 0 Å². The molecule has 4 aliphatic carbocycles. The van der Waals surface area contributed by atoms with Crippen molar-refractivity contribution in [2.75, 3.05) is 0 Å². The summed E-state index contributed by atoms with van der Waals surface area (Å²) < 4.78 is 0. The number of nitrogens with two attached hydrogens (primary N) is 2. The number of benzene rings is 1. The van der Waals surface area contributed by atoms with Crippen LogP contribution in [0.1, 0.15) is 37.7 Å². The molecular formula is C19H24N2O. The number of allylic oxidation sites excluding steroid dienone is 2. The molecule has 0 radical (unpaired) electrons. The third-order valence-electron chi connectivity index (χ3n) is 6.01. The van der Waals surface area contributed by atoms with Crippen LogP contribution in [-0.4, -0.2) is 11.8 Å². The van der Waals surface area contributed by atoms with Crippen LogP contribution in [0, 0.1) is 17.3 Å². The predicted molar refractivity (Wildman–Crippen MR) is 86.8 cm³/mol. The zero-order chi connectivity index (χ0) is 15.3. The summed E-state index contributed by atoms with van der Waals surface area (Å²) in [7, 11) is 0. The molecule has 1 aromatic carbocycles. The molecule has 0 heterocycles. The highest BCUT2D eigenvalue weighted by atomic mass is 16.1. The number of hydrogen-bond donors (Lipinski definition) is 2. The van der Waals surface area contributed by atoms with Crippen LogP contribution < -0.4 is 11.5 Å². The Morgan fingerprint density at radius 2 is 1.82 bits per heavy atom. The molecule has 0 spiro atoms. The summed E-state index contributed by atoms with van der Waals surface area (Å²) in [6, 6.07) is 9.60. The second-order valence-corrected chi connectivity index (χ2v) is 7.54. The number of Topliss-reactive ketones (excluding diaryl/α,β-unsaturated/α-hetero) is 1. The summed E-state index contributed by atoms with van der Waals surface area (Å²) in [6.45, 7) is 0. The molecule has 5 rings (SSSR count). The fourth-order valence-corrected chi connectivity index (χ4v) is 5.23. The highest BCUT2D eigenvalue weighted by Gasteiger charge is 2.55. The minimum atomic E-state index is -0.446. The fraction of sp³-hybridized carbons (Fsp3) is 0.526. The molecule has 4 bridgehead atoms. The maximum atomic E-state index is 13.2. The van der Waals surface area contributed by atoms with Gasteiger partial charge in [-0.2, -0.15) is 0 Å². The molecule has 0 aromatic heterocycles. The van der Waals surface area contributed by atoms with Gasteiger partial charge in [0.1, 0.15) is 0 Å². The normalized spacial score (nSPS) is 34.0. The first-order chi connectivity index (χ1) is 10.6. The summed E-state index contributed by atoms with van der Waals surface area (Å²) in [6.07, 6.45) is 5.98. The number of ketones is 1. The molecule has 1 aromatic rings. The van der Waals surface area contributed by atoms with Gasteiger partial charge in [-0.15, -0.1) is 0 Å². The molecule has 22 heavy (non-hydrogen) atoms. The molecule has 0 amide bonds. The highest BCUT2D eigenvalue weighted by Crippen LogP contribution is 2.59. The van der Waals surface area contributed by atoms with Gasteiger partial charge in [-0.05, 0) is 61.5 Å².